The molecule has 1 rings (SSSR count). The predicted octanol–water partition coefficient (Wildman–Crippen LogP) is 2.73. The molecule has 0 aliphatic rings. The third kappa shape index (κ3) is 4.32. The topological polar surface area (TPSA) is 64.4 Å². The summed E-state index contributed by atoms with van der Waals surface area (Å²) in [5.41, 5.74) is 0.0133. The Kier molecular flexibility index (Phi) is 5.37. The molecular formula is C11H15BrN2O3. The lowest BCUT2D eigenvalue weighted by atomic mass is 10.3. The van der Waals surface area contributed by atoms with Gasteiger partial charge >= 0.3 is 0 Å². The summed E-state index contributed by atoms with van der Waals surface area (Å²) in [7, 11) is 0. The van der Waals surface area contributed by atoms with Crippen molar-refractivity contribution in [2.24, 2.45) is 0 Å². The molecule has 0 unspecified atom stereocenters. The second kappa shape index (κ2) is 6.56. The third-order valence-corrected chi connectivity index (χ3v) is 2.85. The number of hydrogen-bond acceptors (Lipinski definition) is 4. The molecule has 0 aromatic heterocycles. The Morgan fingerprint density at radius 3 is 2.82 bits per heavy atom. The smallest absolute Gasteiger partial charge is 0.287 e. The first-order valence-corrected chi connectivity index (χ1v) is 6.10. The van der Waals surface area contributed by atoms with Crippen LogP contribution in [0.1, 0.15) is 13.8 Å². The largest absolute Gasteiger partial charge is 0.491 e. The lowest BCUT2D eigenvalue weighted by molar-refractivity contribution is -0.385. The van der Waals surface area contributed by atoms with Gasteiger partial charge in [0.15, 0.2) is 0 Å². The molecule has 0 heterocycles. The second-order valence-electron chi connectivity index (χ2n) is 3.80. The number of ether oxygens (including phenoxy) is 1. The average molecular weight is 303 g/mol. The van der Waals surface area contributed by atoms with Gasteiger partial charge in [0, 0.05) is 18.7 Å². The molecular weight excluding hydrogens is 288 g/mol. The van der Waals surface area contributed by atoms with E-state index in [-0.39, 0.29) is 5.69 Å². The van der Waals surface area contributed by atoms with Gasteiger partial charge in [-0.05, 0) is 22.0 Å². The molecule has 0 saturated carbocycles. The fourth-order valence-corrected chi connectivity index (χ4v) is 1.78. The van der Waals surface area contributed by atoms with E-state index in [2.05, 4.69) is 21.2 Å². The Morgan fingerprint density at radius 2 is 2.24 bits per heavy atom. The molecule has 0 aliphatic carbocycles. The van der Waals surface area contributed by atoms with Gasteiger partial charge in [0.25, 0.3) is 5.69 Å². The number of hydrogen-bond donors (Lipinski definition) is 1. The highest BCUT2D eigenvalue weighted by atomic mass is 79.9. The molecule has 1 aromatic carbocycles. The standard InChI is InChI=1S/C11H15BrN2O3/c1-8(2)13-6-7-17-10-5-3-4-9(11(10)12)14(15)16/h3-5,8,13H,6-7H2,1-2H3. The van der Waals surface area contributed by atoms with Crippen LogP contribution in [0.4, 0.5) is 5.69 Å². The van der Waals surface area contributed by atoms with Crippen LogP contribution in [0.2, 0.25) is 0 Å². The predicted molar refractivity (Wildman–Crippen MR) is 69.4 cm³/mol. The van der Waals surface area contributed by atoms with Crippen molar-refractivity contribution >= 4 is 21.6 Å². The van der Waals surface area contributed by atoms with E-state index in [0.717, 1.165) is 0 Å². The van der Waals surface area contributed by atoms with Crippen LogP contribution in [-0.4, -0.2) is 24.1 Å². The molecule has 5 nitrogen and oxygen atoms in total. The highest BCUT2D eigenvalue weighted by Crippen LogP contribution is 2.33. The fraction of sp³-hybridized carbons (Fsp3) is 0.455. The van der Waals surface area contributed by atoms with Crippen molar-refractivity contribution in [1.82, 2.24) is 5.32 Å². The van der Waals surface area contributed by atoms with Crippen LogP contribution >= 0.6 is 15.9 Å². The van der Waals surface area contributed by atoms with Gasteiger partial charge in [-0.25, -0.2) is 0 Å². The average Bonchev–Trinajstić information content (AvgIpc) is 2.25. The molecule has 0 amide bonds. The number of rotatable bonds is 6. The van der Waals surface area contributed by atoms with Crippen molar-refractivity contribution in [1.29, 1.82) is 0 Å². The summed E-state index contributed by atoms with van der Waals surface area (Å²) >= 11 is 3.18. The normalized spacial score (nSPS) is 10.6. The van der Waals surface area contributed by atoms with E-state index < -0.39 is 4.92 Å². The highest BCUT2D eigenvalue weighted by Gasteiger charge is 2.15. The van der Waals surface area contributed by atoms with Crippen molar-refractivity contribution < 1.29 is 9.66 Å². The van der Waals surface area contributed by atoms with Gasteiger partial charge in [-0.1, -0.05) is 19.9 Å². The van der Waals surface area contributed by atoms with Crippen molar-refractivity contribution in [2.45, 2.75) is 19.9 Å². The number of halogens is 1. The Balaban J connectivity index is 2.59. The van der Waals surface area contributed by atoms with Crippen LogP contribution < -0.4 is 10.1 Å². The summed E-state index contributed by atoms with van der Waals surface area (Å²) in [5.74, 6) is 0.491. The van der Waals surface area contributed by atoms with E-state index in [1.807, 2.05) is 13.8 Å². The van der Waals surface area contributed by atoms with Crippen LogP contribution in [0.25, 0.3) is 0 Å². The zero-order valence-corrected chi connectivity index (χ0v) is 11.4. The zero-order valence-electron chi connectivity index (χ0n) is 9.77. The van der Waals surface area contributed by atoms with Gasteiger partial charge in [0.2, 0.25) is 0 Å². The lowest BCUT2D eigenvalue weighted by Gasteiger charge is -2.10. The Labute approximate surface area is 108 Å². The Hall–Kier alpha value is -1.14. The number of nitro groups is 1. The fourth-order valence-electron chi connectivity index (χ4n) is 1.26. The molecule has 94 valence electrons. The van der Waals surface area contributed by atoms with Crippen molar-refractivity contribution in [3.8, 4) is 5.75 Å². The summed E-state index contributed by atoms with van der Waals surface area (Å²) in [6.07, 6.45) is 0. The Morgan fingerprint density at radius 1 is 1.53 bits per heavy atom. The SMILES string of the molecule is CC(C)NCCOc1cccc([N+](=O)[O-])c1Br. The van der Waals surface area contributed by atoms with E-state index in [0.29, 0.717) is 29.4 Å². The summed E-state index contributed by atoms with van der Waals surface area (Å²) in [6, 6.07) is 5.14. The van der Waals surface area contributed by atoms with Gasteiger partial charge in [-0.3, -0.25) is 10.1 Å². The Bertz CT molecular complexity index is 396. The van der Waals surface area contributed by atoms with E-state index in [1.54, 1.807) is 12.1 Å². The summed E-state index contributed by atoms with van der Waals surface area (Å²) in [5, 5.41) is 13.9. The first-order valence-electron chi connectivity index (χ1n) is 5.31. The van der Waals surface area contributed by atoms with E-state index in [4.69, 9.17) is 4.74 Å². The van der Waals surface area contributed by atoms with Gasteiger partial charge in [0.05, 0.1) is 4.92 Å². The second-order valence-corrected chi connectivity index (χ2v) is 4.60. The minimum absolute atomic E-state index is 0.0133. The number of nitro benzene ring substituents is 1. The lowest BCUT2D eigenvalue weighted by Crippen LogP contribution is -2.27. The van der Waals surface area contributed by atoms with E-state index in [1.165, 1.54) is 6.07 Å². The number of nitrogens with zero attached hydrogens (tertiary/aromatic N) is 1. The minimum Gasteiger partial charge on any atom is -0.491 e. The molecule has 1 aromatic rings. The first kappa shape index (κ1) is 13.9. The molecule has 0 aliphatic heterocycles. The molecule has 0 bridgehead atoms. The summed E-state index contributed by atoms with van der Waals surface area (Å²) in [4.78, 5) is 10.3. The minimum atomic E-state index is -0.441. The van der Waals surface area contributed by atoms with Crippen molar-refractivity contribution in [3.05, 3.63) is 32.8 Å². The molecule has 0 spiro atoms. The maximum Gasteiger partial charge on any atom is 0.287 e. The maximum absolute atomic E-state index is 10.7. The van der Waals surface area contributed by atoms with E-state index in [9.17, 15) is 10.1 Å². The first-order chi connectivity index (χ1) is 8.02. The molecule has 0 saturated heterocycles. The van der Waals surface area contributed by atoms with Crippen LogP contribution in [0.3, 0.4) is 0 Å². The van der Waals surface area contributed by atoms with Gasteiger partial charge < -0.3 is 10.1 Å². The molecule has 0 radical (unpaired) electrons. The van der Waals surface area contributed by atoms with Crippen LogP contribution in [0.15, 0.2) is 22.7 Å². The van der Waals surface area contributed by atoms with Crippen LogP contribution in [0, 0.1) is 10.1 Å². The number of nitrogens with one attached hydrogen (secondary N) is 1. The van der Waals surface area contributed by atoms with Gasteiger partial charge in [-0.15, -0.1) is 0 Å². The van der Waals surface area contributed by atoms with E-state index >= 15 is 0 Å². The van der Waals surface area contributed by atoms with Crippen LogP contribution in [-0.2, 0) is 0 Å². The monoisotopic (exact) mass is 302 g/mol. The van der Waals surface area contributed by atoms with Gasteiger partial charge in [0.1, 0.15) is 16.8 Å². The summed E-state index contributed by atoms with van der Waals surface area (Å²) in [6.45, 7) is 5.26. The zero-order chi connectivity index (χ0) is 12.8. The molecule has 0 fully saturated rings. The molecule has 6 heteroatoms. The highest BCUT2D eigenvalue weighted by molar-refractivity contribution is 9.10. The van der Waals surface area contributed by atoms with Crippen LogP contribution in [0.5, 0.6) is 5.75 Å². The molecule has 0 atom stereocenters. The summed E-state index contributed by atoms with van der Waals surface area (Å²) < 4.78 is 5.85. The van der Waals surface area contributed by atoms with Crippen molar-refractivity contribution in [2.75, 3.05) is 13.2 Å². The maximum atomic E-state index is 10.7. The van der Waals surface area contributed by atoms with Gasteiger partial charge in [-0.2, -0.15) is 0 Å². The van der Waals surface area contributed by atoms with Crippen molar-refractivity contribution in [3.63, 3.8) is 0 Å². The number of benzene rings is 1. The molecule has 1 N–H and O–H groups in total. The third-order valence-electron chi connectivity index (χ3n) is 2.05. The molecule has 17 heavy (non-hydrogen) atoms. The quantitative estimate of drug-likeness (QED) is 0.498.